The molecule has 0 saturated carbocycles. The number of carbonyl (C=O) groups is 1. The van der Waals surface area contributed by atoms with Crippen molar-refractivity contribution >= 4 is 23.2 Å². The van der Waals surface area contributed by atoms with Crippen LogP contribution in [0.1, 0.15) is 58.1 Å². The van der Waals surface area contributed by atoms with Crippen LogP contribution < -0.4 is 10.6 Å². The molecule has 202 valence electrons. The lowest BCUT2D eigenvalue weighted by atomic mass is 10.0. The molecule has 38 heavy (non-hydrogen) atoms. The van der Waals surface area contributed by atoms with Crippen molar-refractivity contribution in [2.45, 2.75) is 39.2 Å². The van der Waals surface area contributed by atoms with E-state index in [2.05, 4.69) is 40.7 Å². The van der Waals surface area contributed by atoms with Gasteiger partial charge in [-0.1, -0.05) is 43.0 Å². The van der Waals surface area contributed by atoms with E-state index >= 15 is 0 Å². The molecule has 2 aromatic rings. The summed E-state index contributed by atoms with van der Waals surface area (Å²) in [4.78, 5) is 17.4. The molecule has 0 aliphatic carbocycles. The second-order valence-electron chi connectivity index (χ2n) is 9.19. The van der Waals surface area contributed by atoms with E-state index in [1.165, 1.54) is 0 Å². The highest BCUT2D eigenvalue weighted by atomic mass is 16.5. The summed E-state index contributed by atoms with van der Waals surface area (Å²) in [6.07, 6.45) is 10.8. The fourth-order valence-corrected chi connectivity index (χ4v) is 3.83. The lowest BCUT2D eigenvalue weighted by Gasteiger charge is -2.38. The molecule has 4 rings (SSSR count). The Balaban J connectivity index is 0.00000153. The fraction of sp³-hybridized carbons (Fsp3) is 0.300. The average Bonchev–Trinajstić information content (AvgIpc) is 3.41. The number of aliphatic imine (C=N–C) groups is 1. The molecule has 1 saturated heterocycles. The highest BCUT2D eigenvalue weighted by Gasteiger charge is 2.36. The van der Waals surface area contributed by atoms with E-state index < -0.39 is 0 Å². The number of nitrogens with one attached hydrogen (secondary N) is 3. The molecule has 0 spiro atoms. The third kappa shape index (κ3) is 7.16. The Morgan fingerprint density at radius 3 is 2.76 bits per heavy atom. The molecule has 1 aromatic heterocycles. The van der Waals surface area contributed by atoms with Crippen LogP contribution in [0.15, 0.2) is 90.4 Å². The van der Waals surface area contributed by atoms with Crippen LogP contribution >= 0.6 is 0 Å². The highest BCUT2D eigenvalue weighted by molar-refractivity contribution is 6.07. The Kier molecular flexibility index (Phi) is 9.93. The van der Waals surface area contributed by atoms with E-state index in [1.807, 2.05) is 51.1 Å². The van der Waals surface area contributed by atoms with Crippen LogP contribution in [0, 0.1) is 5.41 Å². The fourth-order valence-electron chi connectivity index (χ4n) is 3.83. The first-order valence-corrected chi connectivity index (χ1v) is 12.6. The van der Waals surface area contributed by atoms with Gasteiger partial charge in [0.25, 0.3) is 5.91 Å². The summed E-state index contributed by atoms with van der Waals surface area (Å²) >= 11 is 0. The largest absolute Gasteiger partial charge is 0.376 e. The summed E-state index contributed by atoms with van der Waals surface area (Å²) in [5.74, 6) is 0.507. The molecule has 1 amide bonds. The summed E-state index contributed by atoms with van der Waals surface area (Å²) in [6.45, 7) is 14.3. The van der Waals surface area contributed by atoms with Crippen molar-refractivity contribution in [3.63, 3.8) is 0 Å². The van der Waals surface area contributed by atoms with Gasteiger partial charge in [-0.2, -0.15) is 5.10 Å². The van der Waals surface area contributed by atoms with E-state index in [9.17, 15) is 4.79 Å². The molecule has 0 atom stereocenters. The maximum absolute atomic E-state index is 12.6. The number of nitrogens with zero attached hydrogens (tertiary/aromatic N) is 3. The molecule has 8 nitrogen and oxygen atoms in total. The predicted octanol–water partition coefficient (Wildman–Crippen LogP) is 5.48. The van der Waals surface area contributed by atoms with Crippen LogP contribution in [0.4, 0.5) is 0 Å². The van der Waals surface area contributed by atoms with E-state index in [0.717, 1.165) is 35.5 Å². The van der Waals surface area contributed by atoms with Crippen LogP contribution in [0.25, 0.3) is 5.70 Å². The Hall–Kier alpha value is -4.26. The Bertz CT molecular complexity index is 1330. The average molecular weight is 517 g/mol. The number of ether oxygens (including phenoxy) is 1. The Labute approximate surface area is 227 Å². The minimum atomic E-state index is -0.270. The predicted molar refractivity (Wildman–Crippen MR) is 158 cm³/mol. The summed E-state index contributed by atoms with van der Waals surface area (Å²) in [7, 11) is 0. The van der Waals surface area contributed by atoms with Gasteiger partial charge in [-0.3, -0.25) is 9.48 Å². The van der Waals surface area contributed by atoms with E-state index in [-0.39, 0.29) is 20.8 Å². The number of benzene rings is 1. The number of aromatic nitrogens is 2. The smallest absolute Gasteiger partial charge is 0.272 e. The lowest BCUT2D eigenvalue weighted by molar-refractivity contribution is -0.0958. The first-order valence-electron chi connectivity index (χ1n) is 12.6. The molecular weight excluding hydrogens is 476 g/mol. The molecule has 8 heteroatoms. The zero-order chi connectivity index (χ0) is 27.5. The van der Waals surface area contributed by atoms with Crippen LogP contribution in [-0.4, -0.2) is 47.0 Å². The topological polar surface area (TPSA) is 104 Å². The molecule has 2 aliphatic heterocycles. The minimum absolute atomic E-state index is 0. The third-order valence-corrected chi connectivity index (χ3v) is 5.91. The number of rotatable bonds is 8. The van der Waals surface area contributed by atoms with Crippen molar-refractivity contribution in [1.82, 2.24) is 20.4 Å². The highest BCUT2D eigenvalue weighted by Crippen LogP contribution is 2.25. The standard InChI is InChI=1S/C27H30N6O2.C3H6.2H2/c1-4-8-22(28)19-9-6-10-20(15-19)23-11-7-12-25(31-23)30-21(5-2)16-29-26(34)24-13-14-33(32-24)27(3)17-35-18-27;1-3-2;;/h4,6,8-11,13-15,28H,2,7,12,16-18H2,1,3H3,(H,29,34)(H,30,31);3H,1H2,2H3;2*1H/b8-4-,28-22?;;;. The number of amidine groups is 1. The molecule has 3 heterocycles. The van der Waals surface area contributed by atoms with E-state index in [0.29, 0.717) is 30.3 Å². The lowest BCUT2D eigenvalue weighted by Crippen LogP contribution is -2.49. The summed E-state index contributed by atoms with van der Waals surface area (Å²) in [5.41, 5.74) is 6.75. The number of allylic oxidation sites excluding steroid dienone is 4. The van der Waals surface area contributed by atoms with Gasteiger partial charge in [0.2, 0.25) is 0 Å². The third-order valence-electron chi connectivity index (χ3n) is 5.91. The van der Waals surface area contributed by atoms with Gasteiger partial charge in [-0.05, 0) is 45.4 Å². The van der Waals surface area contributed by atoms with Gasteiger partial charge < -0.3 is 20.8 Å². The van der Waals surface area contributed by atoms with E-state index in [4.69, 9.17) is 15.1 Å². The summed E-state index contributed by atoms with van der Waals surface area (Å²) in [5, 5.41) is 18.7. The molecule has 1 fully saturated rings. The maximum Gasteiger partial charge on any atom is 0.272 e. The van der Waals surface area contributed by atoms with Crippen molar-refractivity contribution in [2.75, 3.05) is 19.8 Å². The first kappa shape index (κ1) is 28.3. The molecule has 3 N–H and O–H groups in total. The Morgan fingerprint density at radius 2 is 2.11 bits per heavy atom. The zero-order valence-corrected chi connectivity index (χ0v) is 22.4. The SMILES string of the molecule is C=C=C(CNC(=O)c1ccn(C2(C)COC2)n1)NC1=NC(c2cccc(C(=N)/C=C\C)c2)=CCC1.C=CC.[HH].[HH]. The van der Waals surface area contributed by atoms with E-state index in [1.54, 1.807) is 29.1 Å². The molecule has 0 bridgehead atoms. The van der Waals surface area contributed by atoms with Gasteiger partial charge in [0.1, 0.15) is 17.1 Å². The van der Waals surface area contributed by atoms with Gasteiger partial charge in [0.15, 0.2) is 0 Å². The van der Waals surface area contributed by atoms with Crippen LogP contribution in [0.3, 0.4) is 0 Å². The minimum Gasteiger partial charge on any atom is -0.376 e. The number of hydrogen-bond donors (Lipinski definition) is 3. The van der Waals surface area contributed by atoms with Gasteiger partial charge in [-0.15, -0.1) is 12.3 Å². The van der Waals surface area contributed by atoms with Crippen molar-refractivity contribution < 1.29 is 12.4 Å². The second-order valence-corrected chi connectivity index (χ2v) is 9.19. The van der Waals surface area contributed by atoms with Gasteiger partial charge >= 0.3 is 0 Å². The summed E-state index contributed by atoms with van der Waals surface area (Å²) < 4.78 is 7.06. The molecular formula is C30H40N6O2. The van der Waals surface area contributed by atoms with Crippen molar-refractivity contribution in [3.05, 3.63) is 102 Å². The molecule has 0 unspecified atom stereocenters. The summed E-state index contributed by atoms with van der Waals surface area (Å²) in [6, 6.07) is 9.52. The second kappa shape index (κ2) is 13.3. The van der Waals surface area contributed by atoms with Gasteiger partial charge in [0, 0.05) is 26.6 Å². The van der Waals surface area contributed by atoms with Crippen LogP contribution in [-0.2, 0) is 10.3 Å². The van der Waals surface area contributed by atoms with Crippen LogP contribution in [0.2, 0.25) is 0 Å². The molecule has 1 aromatic carbocycles. The van der Waals surface area contributed by atoms with Gasteiger partial charge in [-0.25, -0.2) is 4.99 Å². The van der Waals surface area contributed by atoms with Crippen molar-refractivity contribution in [3.8, 4) is 0 Å². The quantitative estimate of drug-likeness (QED) is 0.246. The van der Waals surface area contributed by atoms with Crippen molar-refractivity contribution in [1.29, 1.82) is 5.41 Å². The number of carbonyl (C=O) groups excluding carboxylic acids is 1. The van der Waals surface area contributed by atoms with Crippen molar-refractivity contribution in [2.24, 2.45) is 4.99 Å². The zero-order valence-electron chi connectivity index (χ0n) is 22.4. The first-order chi connectivity index (χ1) is 18.3. The number of amides is 1. The number of hydrogen-bond acceptors (Lipinski definition) is 6. The maximum atomic E-state index is 12.6. The molecule has 2 aliphatic rings. The van der Waals surface area contributed by atoms with Crippen LogP contribution in [0.5, 0.6) is 0 Å². The molecule has 0 radical (unpaired) electrons. The monoisotopic (exact) mass is 516 g/mol. The normalized spacial score (nSPS) is 15.6. The Morgan fingerprint density at radius 1 is 1.34 bits per heavy atom. The van der Waals surface area contributed by atoms with Gasteiger partial charge in [0.05, 0.1) is 36.9 Å².